The molecule has 2 aromatic carbocycles. The number of unbranched alkanes of at least 4 members (excludes halogenated alkanes) is 1. The zero-order valence-corrected chi connectivity index (χ0v) is 21.2. The third-order valence-electron chi connectivity index (χ3n) is 5.32. The summed E-state index contributed by atoms with van der Waals surface area (Å²) in [5.74, 6) is 0.0779. The van der Waals surface area contributed by atoms with Crippen LogP contribution < -0.4 is 4.31 Å². The molecule has 0 bridgehead atoms. The van der Waals surface area contributed by atoms with Crippen molar-refractivity contribution in [3.05, 3.63) is 83.1 Å². The molecule has 0 aliphatic heterocycles. The molecule has 10 heteroatoms. The minimum atomic E-state index is -4.19. The molecule has 0 aliphatic rings. The minimum Gasteiger partial charge on any atom is -0.464 e. The van der Waals surface area contributed by atoms with Crippen LogP contribution in [0.1, 0.15) is 19.8 Å². The number of ether oxygens (including phenoxy) is 1. The molecule has 0 saturated heterocycles. The summed E-state index contributed by atoms with van der Waals surface area (Å²) in [6, 6.07) is 16.6. The number of rotatable bonds is 9. The van der Waals surface area contributed by atoms with Gasteiger partial charge in [-0.1, -0.05) is 42.6 Å². The van der Waals surface area contributed by atoms with Crippen LogP contribution in [-0.2, 0) is 19.6 Å². The molecule has 182 valence electrons. The second-order valence-electron chi connectivity index (χ2n) is 7.81. The van der Waals surface area contributed by atoms with Gasteiger partial charge in [-0.2, -0.15) is 0 Å². The molecule has 0 N–H and O–H groups in total. The first-order valence-corrected chi connectivity index (χ1v) is 13.2. The van der Waals surface area contributed by atoms with Crippen LogP contribution in [0, 0.1) is 0 Å². The lowest BCUT2D eigenvalue weighted by molar-refractivity contribution is -0.141. The molecule has 0 aliphatic carbocycles. The van der Waals surface area contributed by atoms with Crippen LogP contribution in [0.25, 0.3) is 16.7 Å². The number of halogens is 2. The number of hydrogen-bond acceptors (Lipinski definition) is 5. The predicted molar refractivity (Wildman–Crippen MR) is 138 cm³/mol. The molecule has 0 spiro atoms. The Kier molecular flexibility index (Phi) is 7.64. The van der Waals surface area contributed by atoms with E-state index in [1.165, 1.54) is 18.2 Å². The van der Waals surface area contributed by atoms with Crippen molar-refractivity contribution >= 4 is 55.8 Å². The van der Waals surface area contributed by atoms with E-state index in [0.29, 0.717) is 12.1 Å². The number of esters is 1. The van der Waals surface area contributed by atoms with Crippen molar-refractivity contribution in [3.8, 4) is 5.82 Å². The van der Waals surface area contributed by atoms with Gasteiger partial charge in [0, 0.05) is 27.8 Å². The second kappa shape index (κ2) is 10.7. The van der Waals surface area contributed by atoms with Crippen molar-refractivity contribution in [3.63, 3.8) is 0 Å². The fourth-order valence-corrected chi connectivity index (χ4v) is 5.72. The Labute approximate surface area is 213 Å². The van der Waals surface area contributed by atoms with E-state index in [1.54, 1.807) is 24.4 Å². The molecule has 0 saturated carbocycles. The number of carbonyl (C=O) groups excluding carboxylic acids is 1. The highest BCUT2D eigenvalue weighted by molar-refractivity contribution is 7.92. The lowest BCUT2D eigenvalue weighted by atomic mass is 10.2. The normalized spacial score (nSPS) is 11.5. The van der Waals surface area contributed by atoms with Gasteiger partial charge in [-0.15, -0.1) is 0 Å². The number of aromatic nitrogens is 2. The summed E-state index contributed by atoms with van der Waals surface area (Å²) < 4.78 is 35.5. The first kappa shape index (κ1) is 25.0. The second-order valence-corrected chi connectivity index (χ2v) is 10.5. The van der Waals surface area contributed by atoms with E-state index in [4.69, 9.17) is 27.9 Å². The zero-order chi connectivity index (χ0) is 25.0. The molecule has 4 aromatic rings. The summed E-state index contributed by atoms with van der Waals surface area (Å²) in [6.07, 6.45) is 5.09. The van der Waals surface area contributed by atoms with Gasteiger partial charge in [0.2, 0.25) is 0 Å². The molecule has 0 amide bonds. The van der Waals surface area contributed by atoms with Gasteiger partial charge in [0.25, 0.3) is 10.0 Å². The SMILES string of the molecule is CCCCOC(=O)CN(c1ccc2c(ccn2-c2ccccn2)c1)S(=O)(=O)c1cc(Cl)cc(Cl)c1. The zero-order valence-electron chi connectivity index (χ0n) is 18.9. The molecule has 35 heavy (non-hydrogen) atoms. The standard InChI is InChI=1S/C25H23Cl2N3O4S/c1-2-3-12-34-25(31)17-30(35(32,33)22-15-19(26)14-20(27)16-22)21-7-8-23-18(13-21)9-11-29(23)24-6-4-5-10-28-24/h4-11,13-16H,2-3,12,17H2,1H3. The number of benzene rings is 2. The highest BCUT2D eigenvalue weighted by Crippen LogP contribution is 2.31. The fourth-order valence-electron chi connectivity index (χ4n) is 3.59. The van der Waals surface area contributed by atoms with E-state index in [2.05, 4.69) is 4.98 Å². The van der Waals surface area contributed by atoms with Crippen LogP contribution in [-0.4, -0.2) is 37.1 Å². The first-order chi connectivity index (χ1) is 16.8. The van der Waals surface area contributed by atoms with Gasteiger partial charge in [-0.05, 0) is 61.0 Å². The minimum absolute atomic E-state index is 0.123. The number of pyridine rings is 1. The lowest BCUT2D eigenvalue weighted by Gasteiger charge is -2.24. The van der Waals surface area contributed by atoms with E-state index in [1.807, 2.05) is 42.0 Å². The Balaban J connectivity index is 1.76. The van der Waals surface area contributed by atoms with Crippen molar-refractivity contribution in [1.29, 1.82) is 0 Å². The largest absolute Gasteiger partial charge is 0.464 e. The van der Waals surface area contributed by atoms with Gasteiger partial charge in [0.15, 0.2) is 0 Å². The van der Waals surface area contributed by atoms with E-state index in [0.717, 1.165) is 27.4 Å². The topological polar surface area (TPSA) is 81.5 Å². The summed E-state index contributed by atoms with van der Waals surface area (Å²) in [7, 11) is -4.19. The summed E-state index contributed by atoms with van der Waals surface area (Å²) in [6.45, 7) is 1.70. The maximum absolute atomic E-state index is 13.7. The molecule has 0 radical (unpaired) electrons. The monoisotopic (exact) mass is 531 g/mol. The molecular weight excluding hydrogens is 509 g/mol. The average Bonchev–Trinajstić information content (AvgIpc) is 3.26. The van der Waals surface area contributed by atoms with Crippen molar-refractivity contribution in [1.82, 2.24) is 9.55 Å². The average molecular weight is 532 g/mol. The van der Waals surface area contributed by atoms with Crippen LogP contribution in [0.3, 0.4) is 0 Å². The number of nitrogens with zero attached hydrogens (tertiary/aromatic N) is 3. The Morgan fingerprint density at radius 3 is 2.51 bits per heavy atom. The quantitative estimate of drug-likeness (QED) is 0.199. The molecule has 7 nitrogen and oxygen atoms in total. The van der Waals surface area contributed by atoms with Crippen LogP contribution in [0.4, 0.5) is 5.69 Å². The summed E-state index contributed by atoms with van der Waals surface area (Å²) in [5, 5.41) is 1.12. The van der Waals surface area contributed by atoms with Gasteiger partial charge in [0.05, 0.1) is 22.7 Å². The van der Waals surface area contributed by atoms with E-state index < -0.39 is 22.5 Å². The molecule has 4 rings (SSSR count). The predicted octanol–water partition coefficient (Wildman–Crippen LogP) is 5.87. The van der Waals surface area contributed by atoms with E-state index >= 15 is 0 Å². The van der Waals surface area contributed by atoms with Crippen molar-refractivity contribution < 1.29 is 17.9 Å². The maximum atomic E-state index is 13.7. The van der Waals surface area contributed by atoms with Gasteiger partial charge in [0.1, 0.15) is 12.4 Å². The van der Waals surface area contributed by atoms with Gasteiger partial charge in [-0.25, -0.2) is 13.4 Å². The third kappa shape index (κ3) is 5.61. The Hall–Kier alpha value is -3.07. The van der Waals surface area contributed by atoms with Crippen molar-refractivity contribution in [2.24, 2.45) is 0 Å². The Morgan fingerprint density at radius 2 is 1.83 bits per heavy atom. The number of fused-ring (bicyclic) bond motifs is 1. The Bertz CT molecular complexity index is 1440. The van der Waals surface area contributed by atoms with Crippen molar-refractivity contribution in [2.45, 2.75) is 24.7 Å². The van der Waals surface area contributed by atoms with Gasteiger partial charge >= 0.3 is 5.97 Å². The first-order valence-electron chi connectivity index (χ1n) is 11.0. The maximum Gasteiger partial charge on any atom is 0.326 e. The Morgan fingerprint density at radius 1 is 1.06 bits per heavy atom. The van der Waals surface area contributed by atoms with E-state index in [9.17, 15) is 13.2 Å². The fraction of sp³-hybridized carbons (Fsp3) is 0.200. The number of sulfonamides is 1. The molecule has 0 atom stereocenters. The molecule has 0 fully saturated rings. The summed E-state index contributed by atoms with van der Waals surface area (Å²) in [5.41, 5.74) is 1.14. The number of anilines is 1. The molecule has 2 aromatic heterocycles. The summed E-state index contributed by atoms with van der Waals surface area (Å²) in [4.78, 5) is 16.8. The summed E-state index contributed by atoms with van der Waals surface area (Å²) >= 11 is 12.1. The molecule has 0 unspecified atom stereocenters. The lowest BCUT2D eigenvalue weighted by Crippen LogP contribution is -2.36. The third-order valence-corrected chi connectivity index (χ3v) is 7.50. The van der Waals surface area contributed by atoms with Crippen LogP contribution >= 0.6 is 23.2 Å². The van der Waals surface area contributed by atoms with Crippen LogP contribution in [0.15, 0.2) is 78.0 Å². The van der Waals surface area contributed by atoms with Gasteiger partial charge < -0.3 is 9.30 Å². The van der Waals surface area contributed by atoms with E-state index in [-0.39, 0.29) is 21.5 Å². The van der Waals surface area contributed by atoms with Gasteiger partial charge in [-0.3, -0.25) is 9.10 Å². The molecular formula is C25H23Cl2N3O4S. The number of carbonyl (C=O) groups is 1. The van der Waals surface area contributed by atoms with Crippen molar-refractivity contribution in [2.75, 3.05) is 17.5 Å². The highest BCUT2D eigenvalue weighted by atomic mass is 35.5. The van der Waals surface area contributed by atoms with Crippen LogP contribution in [0.2, 0.25) is 10.0 Å². The smallest absolute Gasteiger partial charge is 0.326 e. The molecule has 2 heterocycles. The van der Waals surface area contributed by atoms with Crippen LogP contribution in [0.5, 0.6) is 0 Å². The number of hydrogen-bond donors (Lipinski definition) is 0. The highest BCUT2D eigenvalue weighted by Gasteiger charge is 2.29.